The lowest BCUT2D eigenvalue weighted by Crippen LogP contribution is -2.29. The molecule has 0 heterocycles. The molecule has 1 atom stereocenters. The molecule has 2 rings (SSSR count). The van der Waals surface area contributed by atoms with Crippen molar-refractivity contribution in [2.75, 3.05) is 12.3 Å². The van der Waals surface area contributed by atoms with Gasteiger partial charge in [-0.05, 0) is 42.9 Å². The van der Waals surface area contributed by atoms with Gasteiger partial charge in [-0.15, -0.1) is 0 Å². The molecule has 1 fully saturated rings. The first-order valence-corrected chi connectivity index (χ1v) is 6.29. The molecule has 0 spiro atoms. The maximum absolute atomic E-state index is 11.8. The van der Waals surface area contributed by atoms with Crippen molar-refractivity contribution in [3.05, 3.63) is 28.8 Å². The van der Waals surface area contributed by atoms with Crippen molar-refractivity contribution >= 4 is 23.2 Å². The quantitative estimate of drug-likeness (QED) is 0.810. The van der Waals surface area contributed by atoms with Crippen molar-refractivity contribution in [1.82, 2.24) is 5.32 Å². The SMILES string of the molecule is CC(CNC(=O)c1ccc(Cl)c(N)c1)C1CC1. The maximum Gasteiger partial charge on any atom is 0.251 e. The minimum Gasteiger partial charge on any atom is -0.398 e. The fourth-order valence-corrected chi connectivity index (χ4v) is 1.99. The van der Waals surface area contributed by atoms with E-state index in [1.54, 1.807) is 18.2 Å². The number of rotatable bonds is 4. The Labute approximate surface area is 106 Å². The van der Waals surface area contributed by atoms with Crippen molar-refractivity contribution in [1.29, 1.82) is 0 Å². The Hall–Kier alpha value is -1.22. The zero-order chi connectivity index (χ0) is 12.4. The minimum atomic E-state index is -0.0825. The summed E-state index contributed by atoms with van der Waals surface area (Å²) in [6.45, 7) is 2.90. The van der Waals surface area contributed by atoms with Crippen molar-refractivity contribution in [3.8, 4) is 0 Å². The monoisotopic (exact) mass is 252 g/mol. The summed E-state index contributed by atoms with van der Waals surface area (Å²) >= 11 is 5.81. The first-order valence-electron chi connectivity index (χ1n) is 5.91. The number of nitrogen functional groups attached to an aromatic ring is 1. The molecule has 3 N–H and O–H groups in total. The predicted octanol–water partition coefficient (Wildman–Crippen LogP) is 2.70. The van der Waals surface area contributed by atoms with E-state index in [2.05, 4.69) is 12.2 Å². The van der Waals surface area contributed by atoms with Crippen LogP contribution in [-0.4, -0.2) is 12.5 Å². The van der Waals surface area contributed by atoms with E-state index < -0.39 is 0 Å². The molecule has 1 unspecified atom stereocenters. The van der Waals surface area contributed by atoms with E-state index in [1.807, 2.05) is 0 Å². The second kappa shape index (κ2) is 4.96. The molecule has 1 aromatic carbocycles. The molecule has 92 valence electrons. The van der Waals surface area contributed by atoms with Gasteiger partial charge in [-0.1, -0.05) is 18.5 Å². The number of carbonyl (C=O) groups is 1. The van der Waals surface area contributed by atoms with Crippen molar-refractivity contribution in [2.45, 2.75) is 19.8 Å². The second-order valence-electron chi connectivity index (χ2n) is 4.76. The van der Waals surface area contributed by atoms with Crippen LogP contribution < -0.4 is 11.1 Å². The Morgan fingerprint density at radius 3 is 2.88 bits per heavy atom. The summed E-state index contributed by atoms with van der Waals surface area (Å²) in [5, 5.41) is 3.41. The Balaban J connectivity index is 1.92. The molecule has 4 heteroatoms. The average Bonchev–Trinajstić information content (AvgIpc) is 3.13. The molecule has 1 aliphatic carbocycles. The molecule has 1 aliphatic rings. The second-order valence-corrected chi connectivity index (χ2v) is 5.17. The topological polar surface area (TPSA) is 55.1 Å². The predicted molar refractivity (Wildman–Crippen MR) is 70.1 cm³/mol. The van der Waals surface area contributed by atoms with Crippen LogP contribution in [0.4, 0.5) is 5.69 Å². The van der Waals surface area contributed by atoms with E-state index >= 15 is 0 Å². The number of amides is 1. The lowest BCUT2D eigenvalue weighted by atomic mass is 10.1. The van der Waals surface area contributed by atoms with E-state index in [0.29, 0.717) is 22.2 Å². The Kier molecular flexibility index (Phi) is 3.57. The molecule has 17 heavy (non-hydrogen) atoms. The highest BCUT2D eigenvalue weighted by molar-refractivity contribution is 6.33. The third-order valence-corrected chi connectivity index (χ3v) is 3.61. The summed E-state index contributed by atoms with van der Waals surface area (Å²) < 4.78 is 0. The summed E-state index contributed by atoms with van der Waals surface area (Å²) in [6, 6.07) is 4.95. The van der Waals surface area contributed by atoms with Crippen LogP contribution in [0.3, 0.4) is 0 Å². The van der Waals surface area contributed by atoms with Crippen LogP contribution >= 0.6 is 11.6 Å². The summed E-state index contributed by atoms with van der Waals surface area (Å²) in [4.78, 5) is 11.8. The summed E-state index contributed by atoms with van der Waals surface area (Å²) in [5.74, 6) is 1.27. The molecule has 1 saturated carbocycles. The lowest BCUT2D eigenvalue weighted by molar-refractivity contribution is 0.0946. The third kappa shape index (κ3) is 3.13. The largest absolute Gasteiger partial charge is 0.398 e. The van der Waals surface area contributed by atoms with Crippen LogP contribution in [0.1, 0.15) is 30.1 Å². The molecule has 0 aliphatic heterocycles. The van der Waals surface area contributed by atoms with Crippen LogP contribution in [0.25, 0.3) is 0 Å². The van der Waals surface area contributed by atoms with E-state index in [4.69, 9.17) is 17.3 Å². The van der Waals surface area contributed by atoms with Gasteiger partial charge >= 0.3 is 0 Å². The summed E-state index contributed by atoms with van der Waals surface area (Å²) in [5.41, 5.74) is 6.66. The fraction of sp³-hybridized carbons (Fsp3) is 0.462. The fourth-order valence-electron chi connectivity index (χ4n) is 1.87. The van der Waals surface area contributed by atoms with Crippen LogP contribution in [0, 0.1) is 11.8 Å². The number of carbonyl (C=O) groups excluding carboxylic acids is 1. The van der Waals surface area contributed by atoms with E-state index in [1.165, 1.54) is 12.8 Å². The molecule has 3 nitrogen and oxygen atoms in total. The van der Waals surface area contributed by atoms with Gasteiger partial charge in [0, 0.05) is 12.1 Å². The van der Waals surface area contributed by atoms with Gasteiger partial charge in [-0.2, -0.15) is 0 Å². The number of halogens is 1. The first-order chi connectivity index (χ1) is 8.08. The molecular weight excluding hydrogens is 236 g/mol. The number of benzene rings is 1. The highest BCUT2D eigenvalue weighted by Gasteiger charge is 2.27. The smallest absolute Gasteiger partial charge is 0.251 e. The van der Waals surface area contributed by atoms with Crippen molar-refractivity contribution < 1.29 is 4.79 Å². The van der Waals surface area contributed by atoms with Gasteiger partial charge in [0.05, 0.1) is 10.7 Å². The number of hydrogen-bond donors (Lipinski definition) is 2. The number of nitrogens with one attached hydrogen (secondary N) is 1. The van der Waals surface area contributed by atoms with E-state index in [-0.39, 0.29) is 5.91 Å². The van der Waals surface area contributed by atoms with Gasteiger partial charge in [0.2, 0.25) is 0 Å². The zero-order valence-electron chi connectivity index (χ0n) is 9.87. The molecular formula is C13H17ClN2O. The molecule has 0 saturated heterocycles. The molecule has 0 radical (unpaired) electrons. The summed E-state index contributed by atoms with van der Waals surface area (Å²) in [6.07, 6.45) is 2.59. The lowest BCUT2D eigenvalue weighted by Gasteiger charge is -2.11. The Morgan fingerprint density at radius 1 is 1.59 bits per heavy atom. The number of anilines is 1. The zero-order valence-corrected chi connectivity index (χ0v) is 10.6. The average molecular weight is 253 g/mol. The van der Waals surface area contributed by atoms with Crippen molar-refractivity contribution in [3.63, 3.8) is 0 Å². The van der Waals surface area contributed by atoms with Gasteiger partial charge in [0.1, 0.15) is 0 Å². The molecule has 1 aromatic rings. The number of nitrogens with two attached hydrogens (primary N) is 1. The Bertz CT molecular complexity index is 429. The highest BCUT2D eigenvalue weighted by Crippen LogP contribution is 2.36. The van der Waals surface area contributed by atoms with Gasteiger partial charge in [-0.3, -0.25) is 4.79 Å². The normalized spacial score (nSPS) is 16.6. The highest BCUT2D eigenvalue weighted by atomic mass is 35.5. The summed E-state index contributed by atoms with van der Waals surface area (Å²) in [7, 11) is 0. The third-order valence-electron chi connectivity index (χ3n) is 3.27. The van der Waals surface area contributed by atoms with Crippen LogP contribution in [0.5, 0.6) is 0 Å². The number of hydrogen-bond acceptors (Lipinski definition) is 2. The molecule has 0 aromatic heterocycles. The van der Waals surface area contributed by atoms with Crippen LogP contribution in [0.15, 0.2) is 18.2 Å². The van der Waals surface area contributed by atoms with Gasteiger partial charge in [0.25, 0.3) is 5.91 Å². The standard InChI is InChI=1S/C13H17ClN2O/c1-8(9-2-3-9)7-16-13(17)10-4-5-11(14)12(15)6-10/h4-6,8-9H,2-3,7,15H2,1H3,(H,16,17). The van der Waals surface area contributed by atoms with Gasteiger partial charge < -0.3 is 11.1 Å². The van der Waals surface area contributed by atoms with Gasteiger partial charge in [0.15, 0.2) is 0 Å². The Morgan fingerprint density at radius 2 is 2.29 bits per heavy atom. The molecule has 0 bridgehead atoms. The van der Waals surface area contributed by atoms with E-state index in [0.717, 1.165) is 12.5 Å². The first kappa shape index (κ1) is 12.2. The van der Waals surface area contributed by atoms with Crippen LogP contribution in [0.2, 0.25) is 5.02 Å². The maximum atomic E-state index is 11.8. The van der Waals surface area contributed by atoms with Crippen LogP contribution in [-0.2, 0) is 0 Å². The van der Waals surface area contributed by atoms with Gasteiger partial charge in [-0.25, -0.2) is 0 Å². The molecule has 1 amide bonds. The minimum absolute atomic E-state index is 0.0825. The van der Waals surface area contributed by atoms with Crippen molar-refractivity contribution in [2.24, 2.45) is 11.8 Å². The van der Waals surface area contributed by atoms with E-state index in [9.17, 15) is 4.79 Å².